The van der Waals surface area contributed by atoms with Gasteiger partial charge in [0.25, 0.3) is 0 Å². The fourth-order valence-electron chi connectivity index (χ4n) is 5.07. The number of hydrogen-bond donors (Lipinski definition) is 1. The lowest BCUT2D eigenvalue weighted by Crippen LogP contribution is -2.48. The van der Waals surface area contributed by atoms with Gasteiger partial charge in [-0.3, -0.25) is 9.89 Å². The number of hydrogen-bond acceptors (Lipinski definition) is 7. The molecule has 2 aromatic carbocycles. The predicted octanol–water partition coefficient (Wildman–Crippen LogP) is 3.47. The summed E-state index contributed by atoms with van der Waals surface area (Å²) < 4.78 is 0. The Kier molecular flexibility index (Phi) is 7.76. The Balaban J connectivity index is 1.68. The molecule has 1 aliphatic heterocycles. The Bertz CT molecular complexity index is 1560. The van der Waals surface area contributed by atoms with Gasteiger partial charge in [-0.2, -0.15) is 10.1 Å². The average Bonchev–Trinajstić information content (AvgIpc) is 3.41. The van der Waals surface area contributed by atoms with E-state index in [4.69, 9.17) is 21.6 Å². The van der Waals surface area contributed by atoms with Crippen LogP contribution in [0.5, 0.6) is 0 Å². The minimum Gasteiger partial charge on any atom is -0.352 e. The van der Waals surface area contributed by atoms with Crippen LogP contribution in [0.2, 0.25) is 5.02 Å². The van der Waals surface area contributed by atoms with Crippen molar-refractivity contribution >= 4 is 65.6 Å². The van der Waals surface area contributed by atoms with E-state index in [0.717, 1.165) is 62.7 Å². The first-order chi connectivity index (χ1) is 18.7. The van der Waals surface area contributed by atoms with Gasteiger partial charge < -0.3 is 19.6 Å². The molecule has 1 saturated heterocycles. The molecule has 0 bridgehead atoms. The zero-order valence-corrected chi connectivity index (χ0v) is 24.7. The monoisotopic (exact) mass is 564 g/mol. The van der Waals surface area contributed by atoms with Gasteiger partial charge in [0.15, 0.2) is 0 Å². The lowest BCUT2D eigenvalue weighted by Gasteiger charge is -2.36. The molecule has 3 heterocycles. The molecule has 4 aromatic rings. The van der Waals surface area contributed by atoms with E-state index in [9.17, 15) is 4.79 Å². The number of likely N-dealkylation sites (N-methyl/N-ethyl adjacent to an activating group) is 2. The zero-order chi connectivity index (χ0) is 27.8. The number of piperazine rings is 1. The van der Waals surface area contributed by atoms with Crippen molar-refractivity contribution in [1.82, 2.24) is 30.0 Å². The van der Waals surface area contributed by atoms with Gasteiger partial charge in [-0.05, 0) is 50.4 Å². The van der Waals surface area contributed by atoms with E-state index in [0.29, 0.717) is 37.1 Å². The number of anilines is 2. The molecule has 1 amide bonds. The molecule has 0 radical (unpaired) electrons. The molecule has 9 nitrogen and oxygen atoms in total. The summed E-state index contributed by atoms with van der Waals surface area (Å²) in [7, 11) is 9.02. The quantitative estimate of drug-likeness (QED) is 0.272. The number of nitrogens with zero attached hydrogens (tertiary/aromatic N) is 7. The van der Waals surface area contributed by atoms with E-state index in [1.54, 1.807) is 0 Å². The second-order valence-electron chi connectivity index (χ2n) is 10.2. The van der Waals surface area contributed by atoms with E-state index in [1.807, 2.05) is 30.3 Å². The van der Waals surface area contributed by atoms with Crippen molar-refractivity contribution in [2.75, 3.05) is 70.2 Å². The minimum atomic E-state index is -0.0463. The molecule has 0 aliphatic carbocycles. The number of benzene rings is 2. The highest BCUT2D eigenvalue weighted by Crippen LogP contribution is 2.39. The third-order valence-electron chi connectivity index (χ3n) is 7.32. The first-order valence-electron chi connectivity index (χ1n) is 12.9. The number of aromatic amines is 1. The molecule has 5 rings (SSSR count). The van der Waals surface area contributed by atoms with Crippen LogP contribution in [0, 0.1) is 6.92 Å². The van der Waals surface area contributed by atoms with E-state index in [-0.39, 0.29) is 5.91 Å². The summed E-state index contributed by atoms with van der Waals surface area (Å²) >= 11 is 7.07. The van der Waals surface area contributed by atoms with Crippen molar-refractivity contribution in [2.45, 2.75) is 6.92 Å². The van der Waals surface area contributed by atoms with E-state index in [2.05, 4.69) is 67.8 Å². The number of halogens is 1. The second kappa shape index (κ2) is 11.1. The summed E-state index contributed by atoms with van der Waals surface area (Å²) in [6.45, 7) is 9.88. The van der Waals surface area contributed by atoms with Crippen molar-refractivity contribution in [1.29, 1.82) is 0 Å². The van der Waals surface area contributed by atoms with Crippen molar-refractivity contribution in [2.24, 2.45) is 0 Å². The highest BCUT2D eigenvalue weighted by molar-refractivity contribution is 7.29. The van der Waals surface area contributed by atoms with Crippen LogP contribution < -0.4 is 15.1 Å². The van der Waals surface area contributed by atoms with Gasteiger partial charge in [-0.15, -0.1) is 9.24 Å². The third-order valence-corrected chi connectivity index (χ3v) is 8.18. The van der Waals surface area contributed by atoms with Crippen LogP contribution in [-0.4, -0.2) is 96.3 Å². The molecule has 0 spiro atoms. The number of carbonyl (C=O) groups is 1. The van der Waals surface area contributed by atoms with Gasteiger partial charge in [0.05, 0.1) is 17.2 Å². The number of carbonyl (C=O) groups excluding carboxylic acids is 1. The Morgan fingerprint density at radius 1 is 1.13 bits per heavy atom. The Morgan fingerprint density at radius 3 is 2.56 bits per heavy atom. The fourth-order valence-corrected chi connectivity index (χ4v) is 5.99. The van der Waals surface area contributed by atoms with Crippen LogP contribution in [-0.2, 0) is 4.79 Å². The Morgan fingerprint density at radius 2 is 1.87 bits per heavy atom. The van der Waals surface area contributed by atoms with Gasteiger partial charge in [0.2, 0.25) is 11.9 Å². The highest BCUT2D eigenvalue weighted by atomic mass is 35.5. The molecular weight excluding hydrogens is 531 g/mol. The van der Waals surface area contributed by atoms with Gasteiger partial charge in [0, 0.05) is 73.0 Å². The maximum Gasteiger partial charge on any atom is 0.246 e. The van der Waals surface area contributed by atoms with Gasteiger partial charge >= 0.3 is 0 Å². The van der Waals surface area contributed by atoms with Crippen LogP contribution in [0.4, 0.5) is 11.8 Å². The number of amides is 1. The van der Waals surface area contributed by atoms with Crippen molar-refractivity contribution < 1.29 is 4.79 Å². The topological polar surface area (TPSA) is 84.5 Å². The first kappa shape index (κ1) is 27.3. The standard InChI is InChI=1S/C28H34ClN8OP/c1-6-22(38)36-11-13-37(14-12-36)27-18-15-20(29)24(23-17(2)7-8-21-19(23)16-30-33-21)26(39)25(18)31-28(32-27)35(5)10-9-34(3)4/h6-8,15-16H,1,9-14,39H2,2-5H3,(H,30,33). The van der Waals surface area contributed by atoms with Crippen LogP contribution in [0.3, 0.4) is 0 Å². The lowest BCUT2D eigenvalue weighted by atomic mass is 9.95. The molecule has 39 heavy (non-hydrogen) atoms. The number of H-pyrrole nitrogens is 1. The Labute approximate surface area is 236 Å². The first-order valence-corrected chi connectivity index (χ1v) is 13.9. The smallest absolute Gasteiger partial charge is 0.246 e. The number of rotatable bonds is 7. The zero-order valence-electron chi connectivity index (χ0n) is 22.8. The summed E-state index contributed by atoms with van der Waals surface area (Å²) in [5.41, 5.74) is 4.86. The largest absolute Gasteiger partial charge is 0.352 e. The second-order valence-corrected chi connectivity index (χ2v) is 11.2. The maximum absolute atomic E-state index is 12.2. The number of nitrogens with one attached hydrogen (secondary N) is 1. The molecule has 2 aromatic heterocycles. The average molecular weight is 565 g/mol. The SMILES string of the molecule is C=CC(=O)N1CCN(c2nc(N(C)CCN(C)C)nc3c(P)c(-c4c(C)ccc5[nH]ncc45)c(Cl)cc23)CC1. The van der Waals surface area contributed by atoms with Crippen LogP contribution in [0.15, 0.2) is 37.1 Å². The van der Waals surface area contributed by atoms with Crippen LogP contribution in [0.25, 0.3) is 32.9 Å². The Hall–Kier alpha value is -3.26. The van der Waals surface area contributed by atoms with Gasteiger partial charge in [0.1, 0.15) is 5.82 Å². The summed E-state index contributed by atoms with van der Waals surface area (Å²) in [5, 5.41) is 10.8. The fraction of sp³-hybridized carbons (Fsp3) is 0.357. The number of aromatic nitrogens is 4. The molecular formula is C28H34ClN8OP. The van der Waals surface area contributed by atoms with Crippen LogP contribution in [0.1, 0.15) is 5.56 Å². The van der Waals surface area contributed by atoms with Crippen molar-refractivity contribution in [3.05, 3.63) is 47.6 Å². The molecule has 1 fully saturated rings. The number of aryl methyl sites for hydroxylation is 1. The summed E-state index contributed by atoms with van der Waals surface area (Å²) in [6.07, 6.45) is 3.22. The van der Waals surface area contributed by atoms with Gasteiger partial charge in [-0.1, -0.05) is 24.2 Å². The number of fused-ring (bicyclic) bond motifs is 2. The molecule has 204 valence electrons. The minimum absolute atomic E-state index is 0.0463. The third kappa shape index (κ3) is 5.19. The van der Waals surface area contributed by atoms with Crippen LogP contribution >= 0.6 is 20.8 Å². The lowest BCUT2D eigenvalue weighted by molar-refractivity contribution is -0.126. The maximum atomic E-state index is 12.2. The summed E-state index contributed by atoms with van der Waals surface area (Å²) in [5.74, 6) is 1.43. The van der Waals surface area contributed by atoms with Crippen molar-refractivity contribution in [3.8, 4) is 11.1 Å². The predicted molar refractivity (Wildman–Crippen MR) is 165 cm³/mol. The molecule has 11 heteroatoms. The molecule has 1 atom stereocenters. The molecule has 0 saturated carbocycles. The normalized spacial score (nSPS) is 14.0. The molecule has 1 unspecified atom stereocenters. The van der Waals surface area contributed by atoms with Crippen molar-refractivity contribution in [3.63, 3.8) is 0 Å². The highest BCUT2D eigenvalue weighted by Gasteiger charge is 2.26. The van der Waals surface area contributed by atoms with E-state index in [1.165, 1.54) is 6.08 Å². The summed E-state index contributed by atoms with van der Waals surface area (Å²) in [4.78, 5) is 30.6. The molecule has 1 N–H and O–H groups in total. The summed E-state index contributed by atoms with van der Waals surface area (Å²) in [6, 6.07) is 6.10. The van der Waals surface area contributed by atoms with E-state index < -0.39 is 0 Å². The van der Waals surface area contributed by atoms with Gasteiger partial charge in [-0.25, -0.2) is 4.98 Å². The van der Waals surface area contributed by atoms with E-state index >= 15 is 0 Å². The molecule has 1 aliphatic rings.